The van der Waals surface area contributed by atoms with Gasteiger partial charge in [-0.15, -0.1) is 10.2 Å². The third-order valence-corrected chi connectivity index (χ3v) is 6.98. The molecule has 0 bridgehead atoms. The first-order valence-corrected chi connectivity index (χ1v) is 10.7. The van der Waals surface area contributed by atoms with Crippen LogP contribution in [0.5, 0.6) is 0 Å². The van der Waals surface area contributed by atoms with Gasteiger partial charge in [0.25, 0.3) is 0 Å². The molecule has 1 saturated heterocycles. The number of aryl methyl sites for hydroxylation is 1. The van der Waals surface area contributed by atoms with Gasteiger partial charge in [-0.05, 0) is 36.8 Å². The zero-order valence-corrected chi connectivity index (χ0v) is 16.7. The minimum absolute atomic E-state index is 0.357. The van der Waals surface area contributed by atoms with Crippen LogP contribution in [-0.4, -0.2) is 37.7 Å². The van der Waals surface area contributed by atoms with Crippen molar-refractivity contribution in [3.8, 4) is 0 Å². The summed E-state index contributed by atoms with van der Waals surface area (Å²) in [6, 6.07) is 10.7. The van der Waals surface area contributed by atoms with Crippen molar-refractivity contribution in [3.63, 3.8) is 0 Å². The topological polar surface area (TPSA) is 46.8 Å². The van der Waals surface area contributed by atoms with Crippen LogP contribution in [0.3, 0.4) is 0 Å². The van der Waals surface area contributed by atoms with Crippen LogP contribution in [-0.2, 0) is 13.1 Å². The summed E-state index contributed by atoms with van der Waals surface area (Å²) in [5.41, 5.74) is 2.83. The lowest BCUT2D eigenvalue weighted by Gasteiger charge is -2.38. The van der Waals surface area contributed by atoms with Crippen molar-refractivity contribution in [2.24, 2.45) is 5.41 Å². The van der Waals surface area contributed by atoms with Crippen molar-refractivity contribution in [2.75, 3.05) is 13.1 Å². The van der Waals surface area contributed by atoms with Crippen LogP contribution in [0.1, 0.15) is 56.3 Å². The van der Waals surface area contributed by atoms with Gasteiger partial charge in [-0.25, -0.2) is 0 Å². The Hall–Kier alpha value is -2.27. The van der Waals surface area contributed by atoms with Gasteiger partial charge in [-0.3, -0.25) is 9.88 Å². The highest BCUT2D eigenvalue weighted by Gasteiger charge is 2.49. The van der Waals surface area contributed by atoms with Crippen molar-refractivity contribution >= 4 is 10.9 Å². The Balaban J connectivity index is 1.47. The number of para-hydroxylation sites is 1. The number of fused-ring (bicyclic) bond motifs is 1. The van der Waals surface area contributed by atoms with Gasteiger partial charge in [0, 0.05) is 43.7 Å². The Morgan fingerprint density at radius 1 is 1.11 bits per heavy atom. The first kappa shape index (κ1) is 17.8. The van der Waals surface area contributed by atoms with E-state index in [1.54, 1.807) is 0 Å². The molecule has 3 aromatic rings. The van der Waals surface area contributed by atoms with E-state index in [9.17, 15) is 0 Å². The summed E-state index contributed by atoms with van der Waals surface area (Å²) >= 11 is 0. The van der Waals surface area contributed by atoms with E-state index in [0.29, 0.717) is 11.3 Å². The molecule has 1 unspecified atom stereocenters. The Morgan fingerprint density at radius 2 is 1.96 bits per heavy atom. The van der Waals surface area contributed by atoms with E-state index in [4.69, 9.17) is 0 Å². The molecule has 1 atom stereocenters. The highest BCUT2D eigenvalue weighted by Crippen LogP contribution is 2.51. The fourth-order valence-electron chi connectivity index (χ4n) is 5.62. The number of likely N-dealkylation sites (tertiary alicyclic amines) is 1. The highest BCUT2D eigenvalue weighted by molar-refractivity contribution is 5.81. The fraction of sp³-hybridized carbons (Fsp3) is 0.522. The molecule has 5 rings (SSSR count). The van der Waals surface area contributed by atoms with Crippen LogP contribution in [0.2, 0.25) is 0 Å². The molecule has 0 amide bonds. The lowest BCUT2D eigenvalue weighted by atomic mass is 9.67. The molecule has 5 heteroatoms. The van der Waals surface area contributed by atoms with Crippen molar-refractivity contribution < 1.29 is 0 Å². The molecule has 28 heavy (non-hydrogen) atoms. The van der Waals surface area contributed by atoms with Crippen LogP contribution in [0.15, 0.2) is 42.9 Å². The van der Waals surface area contributed by atoms with E-state index in [2.05, 4.69) is 55.8 Å². The number of benzene rings is 1. The molecule has 146 valence electrons. The standard InChI is InChI=1S/C23H29N5/c1-2-28-17-25-26-22(28)20-15-27(16-23(20)11-4-3-5-12-23)14-19-9-6-8-18-10-7-13-24-21(18)19/h6-10,13,17,20H,2-5,11-12,14-16H2,1H3. The molecule has 1 spiro atoms. The van der Waals surface area contributed by atoms with Crippen LogP contribution in [0.25, 0.3) is 10.9 Å². The molecular weight excluding hydrogens is 346 g/mol. The molecule has 2 aliphatic rings. The molecule has 1 aliphatic heterocycles. The number of pyridine rings is 1. The van der Waals surface area contributed by atoms with Crippen molar-refractivity contribution in [2.45, 2.75) is 58.0 Å². The van der Waals surface area contributed by atoms with E-state index in [1.807, 2.05) is 18.6 Å². The lowest BCUT2D eigenvalue weighted by molar-refractivity contribution is 0.164. The molecule has 0 N–H and O–H groups in total. The lowest BCUT2D eigenvalue weighted by Crippen LogP contribution is -2.33. The minimum atomic E-state index is 0.357. The van der Waals surface area contributed by atoms with E-state index < -0.39 is 0 Å². The second kappa shape index (κ2) is 7.28. The van der Waals surface area contributed by atoms with Gasteiger partial charge in [0.05, 0.1) is 5.52 Å². The normalized spacial score (nSPS) is 22.2. The number of hydrogen-bond acceptors (Lipinski definition) is 4. The summed E-state index contributed by atoms with van der Waals surface area (Å²) < 4.78 is 2.25. The van der Waals surface area contributed by atoms with E-state index in [0.717, 1.165) is 31.7 Å². The van der Waals surface area contributed by atoms with Crippen LogP contribution in [0.4, 0.5) is 0 Å². The molecule has 0 radical (unpaired) electrons. The zero-order valence-electron chi connectivity index (χ0n) is 16.7. The predicted molar refractivity (Wildman–Crippen MR) is 111 cm³/mol. The Morgan fingerprint density at radius 3 is 2.82 bits per heavy atom. The molecular formula is C23H29N5. The van der Waals surface area contributed by atoms with Crippen LogP contribution in [0, 0.1) is 5.41 Å². The van der Waals surface area contributed by atoms with Crippen molar-refractivity contribution in [3.05, 3.63) is 54.2 Å². The number of aromatic nitrogens is 4. The summed E-state index contributed by atoms with van der Waals surface area (Å²) in [5, 5.41) is 10.1. The summed E-state index contributed by atoms with van der Waals surface area (Å²) in [4.78, 5) is 7.32. The van der Waals surface area contributed by atoms with E-state index >= 15 is 0 Å². The Labute approximate surface area is 166 Å². The average Bonchev–Trinajstić information content (AvgIpc) is 3.33. The first-order chi connectivity index (χ1) is 13.8. The van der Waals surface area contributed by atoms with Gasteiger partial charge in [0.15, 0.2) is 0 Å². The van der Waals surface area contributed by atoms with Crippen LogP contribution >= 0.6 is 0 Å². The second-order valence-corrected chi connectivity index (χ2v) is 8.61. The fourth-order valence-corrected chi connectivity index (χ4v) is 5.62. The van der Waals surface area contributed by atoms with Crippen LogP contribution < -0.4 is 0 Å². The Bertz CT molecular complexity index is 951. The molecule has 1 aliphatic carbocycles. The predicted octanol–water partition coefficient (Wildman–Crippen LogP) is 4.40. The minimum Gasteiger partial charge on any atom is -0.318 e. The van der Waals surface area contributed by atoms with E-state index in [1.165, 1.54) is 48.9 Å². The van der Waals surface area contributed by atoms with E-state index in [-0.39, 0.29) is 0 Å². The largest absolute Gasteiger partial charge is 0.318 e. The summed E-state index contributed by atoms with van der Waals surface area (Å²) in [5.74, 6) is 1.68. The number of hydrogen-bond donors (Lipinski definition) is 0. The van der Waals surface area contributed by atoms with Crippen molar-refractivity contribution in [1.82, 2.24) is 24.6 Å². The van der Waals surface area contributed by atoms with Gasteiger partial charge in [-0.1, -0.05) is 43.5 Å². The third kappa shape index (κ3) is 3.02. The number of rotatable bonds is 4. The monoisotopic (exact) mass is 375 g/mol. The first-order valence-electron chi connectivity index (χ1n) is 10.7. The molecule has 1 aromatic carbocycles. The maximum absolute atomic E-state index is 4.67. The maximum Gasteiger partial charge on any atom is 0.137 e. The van der Waals surface area contributed by atoms with Gasteiger partial charge in [0.2, 0.25) is 0 Å². The molecule has 2 aromatic heterocycles. The molecule has 5 nitrogen and oxygen atoms in total. The quantitative estimate of drug-likeness (QED) is 0.678. The van der Waals surface area contributed by atoms with Crippen molar-refractivity contribution in [1.29, 1.82) is 0 Å². The zero-order chi connectivity index (χ0) is 19.0. The van der Waals surface area contributed by atoms with Gasteiger partial charge in [0.1, 0.15) is 12.2 Å². The third-order valence-electron chi connectivity index (χ3n) is 6.98. The van der Waals surface area contributed by atoms with Gasteiger partial charge >= 0.3 is 0 Å². The SMILES string of the molecule is CCn1cnnc1C1CN(Cc2cccc3cccnc23)CC12CCCCC2. The maximum atomic E-state index is 4.67. The summed E-state index contributed by atoms with van der Waals surface area (Å²) in [7, 11) is 0. The summed E-state index contributed by atoms with van der Waals surface area (Å²) in [6.07, 6.45) is 10.5. The smallest absolute Gasteiger partial charge is 0.137 e. The highest BCUT2D eigenvalue weighted by atomic mass is 15.3. The molecule has 2 fully saturated rings. The summed E-state index contributed by atoms with van der Waals surface area (Å²) in [6.45, 7) is 6.34. The molecule has 1 saturated carbocycles. The average molecular weight is 376 g/mol. The molecule has 3 heterocycles. The number of nitrogens with zero attached hydrogens (tertiary/aromatic N) is 5. The van der Waals surface area contributed by atoms with Gasteiger partial charge in [-0.2, -0.15) is 0 Å². The second-order valence-electron chi connectivity index (χ2n) is 8.61. The van der Waals surface area contributed by atoms with Gasteiger partial charge < -0.3 is 4.57 Å². The Kier molecular flexibility index (Phi) is 4.63.